The number of carboxylic acid groups (broad SMARTS) is 1. The molecule has 6 heteroatoms. The largest absolute Gasteiger partial charge is 0.473 e. The quantitative estimate of drug-likeness (QED) is 0.653. The third-order valence-electron chi connectivity index (χ3n) is 3.16. The van der Waals surface area contributed by atoms with E-state index in [-0.39, 0.29) is 6.10 Å². The fraction of sp³-hybridized carbons (Fsp3) is 0.538. The van der Waals surface area contributed by atoms with E-state index < -0.39 is 11.9 Å². The summed E-state index contributed by atoms with van der Waals surface area (Å²) in [5.74, 6) is -2.67. The van der Waals surface area contributed by atoms with Gasteiger partial charge in [-0.1, -0.05) is 6.07 Å². The highest BCUT2D eigenvalue weighted by Crippen LogP contribution is 2.15. The van der Waals surface area contributed by atoms with Crippen LogP contribution in [-0.2, 0) is 20.7 Å². The highest BCUT2D eigenvalue weighted by atomic mass is 32.1. The maximum absolute atomic E-state index is 10.9. The first-order valence-electron chi connectivity index (χ1n) is 6.34. The second kappa shape index (κ2) is 6.68. The molecule has 0 saturated carbocycles. The van der Waals surface area contributed by atoms with Crippen LogP contribution in [0.15, 0.2) is 17.5 Å². The lowest BCUT2D eigenvalue weighted by Gasteiger charge is -2.15. The van der Waals surface area contributed by atoms with E-state index in [0.717, 1.165) is 32.4 Å². The molecule has 1 atom stereocenters. The monoisotopic (exact) mass is 283 g/mol. The van der Waals surface area contributed by atoms with Gasteiger partial charge in [-0.05, 0) is 37.3 Å². The summed E-state index contributed by atoms with van der Waals surface area (Å²) in [4.78, 5) is 24.9. The molecule has 2 heterocycles. The highest BCUT2D eigenvalue weighted by molar-refractivity contribution is 7.09. The topological polar surface area (TPSA) is 66.8 Å². The first kappa shape index (κ1) is 14.0. The molecule has 1 aromatic heterocycles. The summed E-state index contributed by atoms with van der Waals surface area (Å²) in [5, 5.41) is 10.5. The molecule has 0 spiro atoms. The molecule has 1 aliphatic rings. The Balaban J connectivity index is 1.65. The minimum absolute atomic E-state index is 0.273. The third-order valence-corrected chi connectivity index (χ3v) is 4.09. The summed E-state index contributed by atoms with van der Waals surface area (Å²) in [6.45, 7) is 2.46. The van der Waals surface area contributed by atoms with Gasteiger partial charge in [-0.25, -0.2) is 9.59 Å². The van der Waals surface area contributed by atoms with Crippen LogP contribution >= 0.6 is 11.3 Å². The SMILES string of the molecule is O=C(O)C(=O)O[C@@H]1CCN(CCCc2cccs2)C1. The van der Waals surface area contributed by atoms with Gasteiger partial charge in [-0.3, -0.25) is 4.90 Å². The molecule has 1 aliphatic heterocycles. The third kappa shape index (κ3) is 4.33. The minimum atomic E-state index is -1.52. The van der Waals surface area contributed by atoms with Crippen LogP contribution in [0.2, 0.25) is 0 Å². The van der Waals surface area contributed by atoms with Crippen molar-refractivity contribution in [3.8, 4) is 0 Å². The van der Waals surface area contributed by atoms with Gasteiger partial charge in [0.05, 0.1) is 0 Å². The van der Waals surface area contributed by atoms with Crippen molar-refractivity contribution in [2.24, 2.45) is 0 Å². The molecule has 0 aromatic carbocycles. The van der Waals surface area contributed by atoms with Gasteiger partial charge in [0, 0.05) is 18.0 Å². The van der Waals surface area contributed by atoms with Crippen molar-refractivity contribution in [2.75, 3.05) is 19.6 Å². The van der Waals surface area contributed by atoms with Crippen LogP contribution in [0.4, 0.5) is 0 Å². The Labute approximate surface area is 115 Å². The average molecular weight is 283 g/mol. The lowest BCUT2D eigenvalue weighted by molar-refractivity contribution is -0.167. The number of hydrogen-bond donors (Lipinski definition) is 1. The number of rotatable bonds is 5. The Morgan fingerprint density at radius 3 is 3.05 bits per heavy atom. The van der Waals surface area contributed by atoms with E-state index in [4.69, 9.17) is 9.84 Å². The molecule has 0 aliphatic carbocycles. The van der Waals surface area contributed by atoms with Crippen molar-refractivity contribution >= 4 is 23.3 Å². The number of carboxylic acids is 1. The molecule has 0 unspecified atom stereocenters. The van der Waals surface area contributed by atoms with Gasteiger partial charge < -0.3 is 9.84 Å². The Morgan fingerprint density at radius 1 is 1.53 bits per heavy atom. The number of esters is 1. The first-order chi connectivity index (χ1) is 9.15. The van der Waals surface area contributed by atoms with E-state index in [1.165, 1.54) is 4.88 Å². The van der Waals surface area contributed by atoms with Crippen molar-refractivity contribution in [2.45, 2.75) is 25.4 Å². The maximum Gasteiger partial charge on any atom is 0.417 e. The van der Waals surface area contributed by atoms with Crippen molar-refractivity contribution < 1.29 is 19.4 Å². The van der Waals surface area contributed by atoms with Crippen molar-refractivity contribution in [3.05, 3.63) is 22.4 Å². The predicted molar refractivity (Wildman–Crippen MR) is 71.2 cm³/mol. The van der Waals surface area contributed by atoms with Crippen LogP contribution in [0.25, 0.3) is 0 Å². The number of nitrogens with zero attached hydrogens (tertiary/aromatic N) is 1. The number of likely N-dealkylation sites (tertiary alicyclic amines) is 1. The van der Waals surface area contributed by atoms with Gasteiger partial charge in [-0.15, -0.1) is 11.3 Å². The number of carbonyl (C=O) groups is 2. The van der Waals surface area contributed by atoms with Gasteiger partial charge in [-0.2, -0.15) is 0 Å². The van der Waals surface area contributed by atoms with Gasteiger partial charge in [0.1, 0.15) is 6.10 Å². The van der Waals surface area contributed by atoms with E-state index in [1.54, 1.807) is 11.3 Å². The molecule has 0 radical (unpaired) electrons. The summed E-state index contributed by atoms with van der Waals surface area (Å²) in [7, 11) is 0. The van der Waals surface area contributed by atoms with Gasteiger partial charge in [0.2, 0.25) is 0 Å². The standard InChI is InChI=1S/C13H17NO4S/c15-12(16)13(17)18-10-5-7-14(9-10)6-1-3-11-4-2-8-19-11/h2,4,8,10H,1,3,5-7,9H2,(H,15,16)/t10-/m1/s1. The van der Waals surface area contributed by atoms with Crippen LogP contribution in [0.1, 0.15) is 17.7 Å². The zero-order valence-electron chi connectivity index (χ0n) is 10.6. The van der Waals surface area contributed by atoms with Crippen LogP contribution in [0.5, 0.6) is 0 Å². The highest BCUT2D eigenvalue weighted by Gasteiger charge is 2.27. The molecular formula is C13H17NO4S. The maximum atomic E-state index is 10.9. The summed E-state index contributed by atoms with van der Waals surface area (Å²) in [6, 6.07) is 4.18. The van der Waals surface area contributed by atoms with Gasteiger partial charge in [0.15, 0.2) is 0 Å². The van der Waals surface area contributed by atoms with Crippen molar-refractivity contribution in [1.29, 1.82) is 0 Å². The smallest absolute Gasteiger partial charge is 0.417 e. The second-order valence-electron chi connectivity index (χ2n) is 4.60. The van der Waals surface area contributed by atoms with E-state index in [1.807, 2.05) is 0 Å². The van der Waals surface area contributed by atoms with Crippen LogP contribution in [0, 0.1) is 0 Å². The molecule has 1 fully saturated rings. The number of aliphatic carboxylic acids is 1. The Hall–Kier alpha value is -1.40. The van der Waals surface area contributed by atoms with E-state index in [9.17, 15) is 9.59 Å². The molecule has 0 amide bonds. The fourth-order valence-electron chi connectivity index (χ4n) is 2.23. The number of thiophene rings is 1. The molecule has 0 bridgehead atoms. The summed E-state index contributed by atoms with van der Waals surface area (Å²) < 4.78 is 4.88. The normalized spacial score (nSPS) is 19.5. The van der Waals surface area contributed by atoms with Crippen molar-refractivity contribution in [3.63, 3.8) is 0 Å². The Kier molecular flexibility index (Phi) is 4.93. The Bertz CT molecular complexity index is 432. The minimum Gasteiger partial charge on any atom is -0.473 e. The van der Waals surface area contributed by atoms with E-state index >= 15 is 0 Å². The molecule has 5 nitrogen and oxygen atoms in total. The van der Waals surface area contributed by atoms with E-state index in [2.05, 4.69) is 22.4 Å². The van der Waals surface area contributed by atoms with Crippen LogP contribution in [0.3, 0.4) is 0 Å². The summed E-state index contributed by atoms with van der Waals surface area (Å²) in [6.07, 6.45) is 2.58. The predicted octanol–water partition coefficient (Wildman–Crippen LogP) is 1.38. The molecule has 1 saturated heterocycles. The first-order valence-corrected chi connectivity index (χ1v) is 7.22. The lowest BCUT2D eigenvalue weighted by Crippen LogP contribution is -2.28. The van der Waals surface area contributed by atoms with E-state index in [0.29, 0.717) is 6.54 Å². The summed E-state index contributed by atoms with van der Waals surface area (Å²) in [5.41, 5.74) is 0. The van der Waals surface area contributed by atoms with Gasteiger partial charge in [0.25, 0.3) is 0 Å². The molecule has 2 rings (SSSR count). The fourth-order valence-corrected chi connectivity index (χ4v) is 2.98. The number of hydrogen-bond acceptors (Lipinski definition) is 5. The molecule has 1 N–H and O–H groups in total. The Morgan fingerprint density at radius 2 is 2.37 bits per heavy atom. The zero-order chi connectivity index (χ0) is 13.7. The zero-order valence-corrected chi connectivity index (χ0v) is 11.4. The van der Waals surface area contributed by atoms with Gasteiger partial charge >= 0.3 is 11.9 Å². The molecule has 104 valence electrons. The lowest BCUT2D eigenvalue weighted by atomic mass is 10.2. The number of ether oxygens (including phenoxy) is 1. The van der Waals surface area contributed by atoms with Crippen LogP contribution in [-0.4, -0.2) is 47.7 Å². The molecular weight excluding hydrogens is 266 g/mol. The average Bonchev–Trinajstić information content (AvgIpc) is 3.01. The number of aryl methyl sites for hydroxylation is 1. The van der Waals surface area contributed by atoms with Crippen molar-refractivity contribution in [1.82, 2.24) is 4.90 Å². The molecule has 19 heavy (non-hydrogen) atoms. The molecule has 1 aromatic rings. The summed E-state index contributed by atoms with van der Waals surface area (Å²) >= 11 is 1.76. The second-order valence-corrected chi connectivity index (χ2v) is 5.64. The number of carbonyl (C=O) groups excluding carboxylic acids is 1. The van der Waals surface area contributed by atoms with Crippen LogP contribution < -0.4 is 0 Å².